The fourth-order valence-corrected chi connectivity index (χ4v) is 1.23. The van der Waals surface area contributed by atoms with Gasteiger partial charge in [-0.3, -0.25) is 0 Å². The smallest absolute Gasteiger partial charge is 0.330 e. The number of nitrogens with zero attached hydrogens (tertiary/aromatic N) is 3. The molecule has 96 valence electrons. The molecule has 5 nitrogen and oxygen atoms in total. The van der Waals surface area contributed by atoms with Crippen LogP contribution in [0.15, 0.2) is 35.5 Å². The maximum Gasteiger partial charge on any atom is 0.330 e. The summed E-state index contributed by atoms with van der Waals surface area (Å²) in [7, 11) is 1.34. The van der Waals surface area contributed by atoms with Gasteiger partial charge in [-0.25, -0.2) is 4.79 Å². The van der Waals surface area contributed by atoms with E-state index in [9.17, 15) is 4.79 Å². The van der Waals surface area contributed by atoms with Crippen LogP contribution in [0.25, 0.3) is 16.5 Å². The maximum absolute atomic E-state index is 10.9. The van der Waals surface area contributed by atoms with Gasteiger partial charge < -0.3 is 4.74 Å². The van der Waals surface area contributed by atoms with E-state index in [2.05, 4.69) is 26.6 Å². The lowest BCUT2D eigenvalue weighted by atomic mass is 10.1. The van der Waals surface area contributed by atoms with Gasteiger partial charge in [0, 0.05) is 29.5 Å². The first-order valence-electron chi connectivity index (χ1n) is 5.62. The summed E-state index contributed by atoms with van der Waals surface area (Å²) in [6.45, 7) is 0.378. The van der Waals surface area contributed by atoms with Crippen molar-refractivity contribution in [3.05, 3.63) is 51.9 Å². The Kier molecular flexibility index (Phi) is 6.35. The van der Waals surface area contributed by atoms with E-state index in [4.69, 9.17) is 5.53 Å². The van der Waals surface area contributed by atoms with E-state index in [1.807, 2.05) is 24.3 Å². The van der Waals surface area contributed by atoms with Crippen LogP contribution in [0.2, 0.25) is 0 Å². The van der Waals surface area contributed by atoms with Crippen LogP contribution >= 0.6 is 0 Å². The standard InChI is InChI=1S/C14H13N3O2/c1-19-14(18)10-9-13-7-5-12(6-8-13)4-2-3-11-16-17-15/h5-10H,3,11H2,1H3/b10-9+. The second-order valence-electron chi connectivity index (χ2n) is 3.48. The van der Waals surface area contributed by atoms with Crippen molar-refractivity contribution in [3.8, 4) is 11.8 Å². The number of rotatable bonds is 4. The van der Waals surface area contributed by atoms with E-state index < -0.39 is 0 Å². The number of carbonyl (C=O) groups is 1. The lowest BCUT2D eigenvalue weighted by molar-refractivity contribution is -0.134. The number of methoxy groups -OCH3 is 1. The Morgan fingerprint density at radius 2 is 2.21 bits per heavy atom. The SMILES string of the molecule is COC(=O)/C=C/c1ccc(C#CCCN=[N+]=[N-])cc1. The molecule has 1 rings (SSSR count). The molecular weight excluding hydrogens is 242 g/mol. The van der Waals surface area contributed by atoms with Crippen molar-refractivity contribution in [2.45, 2.75) is 6.42 Å². The maximum atomic E-state index is 10.9. The second-order valence-corrected chi connectivity index (χ2v) is 3.48. The molecule has 0 bridgehead atoms. The number of hydrogen-bond acceptors (Lipinski definition) is 3. The van der Waals surface area contributed by atoms with Gasteiger partial charge in [-0.05, 0) is 29.3 Å². The van der Waals surface area contributed by atoms with Crippen molar-refractivity contribution in [2.24, 2.45) is 5.11 Å². The van der Waals surface area contributed by atoms with Crippen molar-refractivity contribution in [2.75, 3.05) is 13.7 Å². The van der Waals surface area contributed by atoms with Gasteiger partial charge in [0.25, 0.3) is 0 Å². The quantitative estimate of drug-likeness (QED) is 0.158. The third-order valence-electron chi connectivity index (χ3n) is 2.16. The number of benzene rings is 1. The van der Waals surface area contributed by atoms with E-state index in [1.165, 1.54) is 13.2 Å². The van der Waals surface area contributed by atoms with E-state index in [-0.39, 0.29) is 5.97 Å². The fourth-order valence-electron chi connectivity index (χ4n) is 1.23. The molecule has 0 radical (unpaired) electrons. The molecule has 0 heterocycles. The zero-order chi connectivity index (χ0) is 13.9. The lowest BCUT2D eigenvalue weighted by Gasteiger charge is -1.94. The average Bonchev–Trinajstić information content (AvgIpc) is 2.45. The van der Waals surface area contributed by atoms with Gasteiger partial charge in [0.15, 0.2) is 0 Å². The molecule has 0 spiro atoms. The third-order valence-corrected chi connectivity index (χ3v) is 2.16. The Bertz CT molecular complexity index is 559. The summed E-state index contributed by atoms with van der Waals surface area (Å²) in [5.41, 5.74) is 9.86. The molecule has 0 N–H and O–H groups in total. The Hall–Kier alpha value is -2.70. The molecule has 1 aromatic rings. The van der Waals surface area contributed by atoms with Crippen LogP contribution in [-0.2, 0) is 9.53 Å². The van der Waals surface area contributed by atoms with Crippen LogP contribution in [0.1, 0.15) is 17.5 Å². The fraction of sp³-hybridized carbons (Fsp3) is 0.214. The van der Waals surface area contributed by atoms with Gasteiger partial charge in [0.2, 0.25) is 0 Å². The molecule has 0 aliphatic rings. The Morgan fingerprint density at radius 3 is 2.84 bits per heavy atom. The number of carbonyl (C=O) groups excluding carboxylic acids is 1. The average molecular weight is 255 g/mol. The molecule has 0 saturated carbocycles. The molecule has 5 heteroatoms. The van der Waals surface area contributed by atoms with Crippen molar-refractivity contribution in [3.63, 3.8) is 0 Å². The third kappa shape index (κ3) is 5.97. The number of esters is 1. The zero-order valence-corrected chi connectivity index (χ0v) is 10.5. The van der Waals surface area contributed by atoms with Crippen molar-refractivity contribution < 1.29 is 9.53 Å². The predicted octanol–water partition coefficient (Wildman–Crippen LogP) is 2.92. The minimum absolute atomic E-state index is 0.378. The molecule has 0 fully saturated rings. The Morgan fingerprint density at radius 1 is 1.47 bits per heavy atom. The van der Waals surface area contributed by atoms with Gasteiger partial charge in [-0.15, -0.1) is 0 Å². The summed E-state index contributed by atoms with van der Waals surface area (Å²) < 4.78 is 4.50. The summed E-state index contributed by atoms with van der Waals surface area (Å²) in [6.07, 6.45) is 3.57. The monoisotopic (exact) mass is 255 g/mol. The van der Waals surface area contributed by atoms with Gasteiger partial charge >= 0.3 is 5.97 Å². The first kappa shape index (κ1) is 14.4. The molecule has 0 atom stereocenters. The van der Waals surface area contributed by atoms with Crippen LogP contribution in [0.3, 0.4) is 0 Å². The largest absolute Gasteiger partial charge is 0.466 e. The molecule has 0 aromatic heterocycles. The lowest BCUT2D eigenvalue weighted by Crippen LogP contribution is -1.93. The summed E-state index contributed by atoms with van der Waals surface area (Å²) in [5, 5.41) is 3.39. The summed E-state index contributed by atoms with van der Waals surface area (Å²) in [5.74, 6) is 5.48. The van der Waals surface area contributed by atoms with Gasteiger partial charge in [0.1, 0.15) is 0 Å². The molecular formula is C14H13N3O2. The van der Waals surface area contributed by atoms with Crippen LogP contribution < -0.4 is 0 Å². The molecule has 1 aromatic carbocycles. The summed E-state index contributed by atoms with van der Waals surface area (Å²) in [6, 6.07) is 7.43. The molecule has 0 saturated heterocycles. The van der Waals surface area contributed by atoms with E-state index in [1.54, 1.807) is 6.08 Å². The Labute approximate surface area is 111 Å². The highest BCUT2D eigenvalue weighted by Crippen LogP contribution is 2.05. The van der Waals surface area contributed by atoms with Crippen LogP contribution in [-0.4, -0.2) is 19.6 Å². The predicted molar refractivity (Wildman–Crippen MR) is 73.0 cm³/mol. The minimum Gasteiger partial charge on any atom is -0.466 e. The zero-order valence-electron chi connectivity index (χ0n) is 10.5. The normalized spacial score (nSPS) is 9.32. The van der Waals surface area contributed by atoms with Crippen molar-refractivity contribution >= 4 is 12.0 Å². The topological polar surface area (TPSA) is 75.1 Å². The summed E-state index contributed by atoms with van der Waals surface area (Å²) in [4.78, 5) is 13.6. The van der Waals surface area contributed by atoms with Crippen molar-refractivity contribution in [1.82, 2.24) is 0 Å². The van der Waals surface area contributed by atoms with Gasteiger partial charge in [0.05, 0.1) is 7.11 Å². The first-order chi connectivity index (χ1) is 9.26. The van der Waals surface area contributed by atoms with Gasteiger partial charge in [-0.2, -0.15) is 0 Å². The summed E-state index contributed by atoms with van der Waals surface area (Å²) >= 11 is 0. The van der Waals surface area contributed by atoms with E-state index >= 15 is 0 Å². The highest BCUT2D eigenvalue weighted by atomic mass is 16.5. The molecule has 0 amide bonds. The van der Waals surface area contributed by atoms with Gasteiger partial charge in [-0.1, -0.05) is 29.1 Å². The van der Waals surface area contributed by atoms with Crippen LogP contribution in [0, 0.1) is 11.8 Å². The van der Waals surface area contributed by atoms with E-state index in [0.29, 0.717) is 13.0 Å². The highest BCUT2D eigenvalue weighted by Gasteiger charge is 1.92. The number of ether oxygens (including phenoxy) is 1. The molecule has 19 heavy (non-hydrogen) atoms. The number of hydrogen-bond donors (Lipinski definition) is 0. The van der Waals surface area contributed by atoms with Crippen molar-refractivity contribution in [1.29, 1.82) is 0 Å². The van der Waals surface area contributed by atoms with E-state index in [0.717, 1.165) is 11.1 Å². The first-order valence-corrected chi connectivity index (χ1v) is 5.62. The highest BCUT2D eigenvalue weighted by molar-refractivity contribution is 5.86. The van der Waals surface area contributed by atoms with Crippen LogP contribution in [0.5, 0.6) is 0 Å². The Balaban J connectivity index is 2.58. The molecule has 0 aliphatic heterocycles. The molecule has 0 aliphatic carbocycles. The number of azide groups is 1. The van der Waals surface area contributed by atoms with Crippen LogP contribution in [0.4, 0.5) is 0 Å². The second kappa shape index (κ2) is 8.40. The molecule has 0 unspecified atom stereocenters. The minimum atomic E-state index is -0.387.